The molecule has 122 valence electrons. The van der Waals surface area contributed by atoms with Gasteiger partial charge in [-0.15, -0.1) is 0 Å². The van der Waals surface area contributed by atoms with Crippen molar-refractivity contribution in [3.05, 3.63) is 54.7 Å². The van der Waals surface area contributed by atoms with E-state index in [-0.39, 0.29) is 11.9 Å². The zero-order chi connectivity index (χ0) is 16.4. The molecule has 7 heteroatoms. The van der Waals surface area contributed by atoms with Crippen molar-refractivity contribution in [3.8, 4) is 0 Å². The molecule has 0 aliphatic carbocycles. The molecule has 1 fully saturated rings. The molecule has 4 rings (SSSR count). The Morgan fingerprint density at radius 1 is 1.17 bits per heavy atom. The summed E-state index contributed by atoms with van der Waals surface area (Å²) in [4.78, 5) is 23.0. The van der Waals surface area contributed by atoms with Crippen LogP contribution in [0.3, 0.4) is 0 Å². The van der Waals surface area contributed by atoms with Crippen LogP contribution in [0.1, 0.15) is 23.2 Å². The lowest BCUT2D eigenvalue weighted by Crippen LogP contribution is -2.48. The summed E-state index contributed by atoms with van der Waals surface area (Å²) in [6.07, 6.45) is 10.6. The quantitative estimate of drug-likeness (QED) is 0.791. The van der Waals surface area contributed by atoms with E-state index in [4.69, 9.17) is 0 Å². The molecule has 1 saturated heterocycles. The van der Waals surface area contributed by atoms with Gasteiger partial charge in [0.2, 0.25) is 0 Å². The maximum Gasteiger partial charge on any atom is 0.251 e. The zero-order valence-electron chi connectivity index (χ0n) is 13.2. The number of anilines is 1. The first-order valence-electron chi connectivity index (χ1n) is 8.05. The second-order valence-electron chi connectivity index (χ2n) is 5.91. The first-order valence-corrected chi connectivity index (χ1v) is 8.05. The highest BCUT2D eigenvalue weighted by Gasteiger charge is 2.24. The number of nitrogens with one attached hydrogen (secondary N) is 1. The van der Waals surface area contributed by atoms with E-state index in [1.807, 2.05) is 16.8 Å². The molecule has 0 spiro atoms. The fourth-order valence-corrected chi connectivity index (χ4v) is 3.15. The number of pyridine rings is 1. The first kappa shape index (κ1) is 14.6. The average molecular weight is 322 g/mol. The minimum absolute atomic E-state index is 0.0558. The lowest BCUT2D eigenvalue weighted by Gasteiger charge is -2.34. The molecule has 0 saturated carbocycles. The van der Waals surface area contributed by atoms with Gasteiger partial charge < -0.3 is 10.2 Å². The van der Waals surface area contributed by atoms with E-state index in [2.05, 4.69) is 25.3 Å². The smallest absolute Gasteiger partial charge is 0.251 e. The largest absolute Gasteiger partial charge is 0.353 e. The van der Waals surface area contributed by atoms with Gasteiger partial charge in [0, 0.05) is 49.5 Å². The summed E-state index contributed by atoms with van der Waals surface area (Å²) in [5, 5.41) is 7.37. The van der Waals surface area contributed by atoms with Crippen molar-refractivity contribution in [2.75, 3.05) is 18.0 Å². The van der Waals surface area contributed by atoms with Crippen LogP contribution in [-0.2, 0) is 0 Å². The Morgan fingerprint density at radius 2 is 2.04 bits per heavy atom. The van der Waals surface area contributed by atoms with Crippen LogP contribution < -0.4 is 10.2 Å². The third-order valence-corrected chi connectivity index (χ3v) is 4.30. The fraction of sp³-hybridized carbons (Fsp3) is 0.294. The molecular formula is C17H18N6O. The predicted octanol–water partition coefficient (Wildman–Crippen LogP) is 1.52. The minimum Gasteiger partial charge on any atom is -0.353 e. The molecule has 7 nitrogen and oxygen atoms in total. The van der Waals surface area contributed by atoms with Gasteiger partial charge >= 0.3 is 0 Å². The van der Waals surface area contributed by atoms with Crippen molar-refractivity contribution >= 4 is 17.2 Å². The Bertz CT molecular complexity index is 846. The topological polar surface area (TPSA) is 75.4 Å². The summed E-state index contributed by atoms with van der Waals surface area (Å²) in [5.41, 5.74) is 1.62. The SMILES string of the molecule is O=C(NC1CCCN(c2nccn3nccc23)C1)c1ccncc1. The molecule has 1 atom stereocenters. The lowest BCUT2D eigenvalue weighted by molar-refractivity contribution is 0.0933. The number of carbonyl (C=O) groups excluding carboxylic acids is 1. The van der Waals surface area contributed by atoms with Gasteiger partial charge in [-0.1, -0.05) is 0 Å². The van der Waals surface area contributed by atoms with Crippen molar-refractivity contribution in [1.29, 1.82) is 0 Å². The van der Waals surface area contributed by atoms with E-state index in [1.54, 1.807) is 36.9 Å². The van der Waals surface area contributed by atoms with Gasteiger partial charge in [-0.3, -0.25) is 9.78 Å². The summed E-state index contributed by atoms with van der Waals surface area (Å²) < 4.78 is 1.82. The van der Waals surface area contributed by atoms with Crippen LogP contribution in [0.2, 0.25) is 0 Å². The van der Waals surface area contributed by atoms with Gasteiger partial charge in [0.15, 0.2) is 5.82 Å². The number of piperidine rings is 1. The highest BCUT2D eigenvalue weighted by Crippen LogP contribution is 2.22. The third-order valence-electron chi connectivity index (χ3n) is 4.30. The highest BCUT2D eigenvalue weighted by atomic mass is 16.1. The van der Waals surface area contributed by atoms with Crippen LogP contribution in [0.15, 0.2) is 49.2 Å². The summed E-state index contributed by atoms with van der Waals surface area (Å²) in [6.45, 7) is 1.67. The summed E-state index contributed by atoms with van der Waals surface area (Å²) in [5.74, 6) is 0.859. The van der Waals surface area contributed by atoms with Gasteiger partial charge in [0.1, 0.15) is 5.52 Å². The normalized spacial score (nSPS) is 17.8. The Labute approximate surface area is 139 Å². The molecule has 1 N–H and O–H groups in total. The number of aromatic nitrogens is 4. The van der Waals surface area contributed by atoms with Crippen molar-refractivity contribution in [3.63, 3.8) is 0 Å². The van der Waals surface area contributed by atoms with Crippen LogP contribution in [0, 0.1) is 0 Å². The number of nitrogens with zero attached hydrogens (tertiary/aromatic N) is 5. The predicted molar refractivity (Wildman–Crippen MR) is 89.9 cm³/mol. The van der Waals surface area contributed by atoms with Crippen LogP contribution in [-0.4, -0.2) is 44.6 Å². The number of fused-ring (bicyclic) bond motifs is 1. The van der Waals surface area contributed by atoms with E-state index in [9.17, 15) is 4.79 Å². The molecule has 3 aromatic heterocycles. The third kappa shape index (κ3) is 2.80. The van der Waals surface area contributed by atoms with Crippen LogP contribution >= 0.6 is 0 Å². The molecule has 0 aromatic carbocycles. The van der Waals surface area contributed by atoms with Crippen LogP contribution in [0.5, 0.6) is 0 Å². The summed E-state index contributed by atoms with van der Waals surface area (Å²) in [7, 11) is 0. The second kappa shape index (κ2) is 6.27. The van der Waals surface area contributed by atoms with Crippen molar-refractivity contribution in [1.82, 2.24) is 24.9 Å². The van der Waals surface area contributed by atoms with E-state index in [0.29, 0.717) is 5.56 Å². The van der Waals surface area contributed by atoms with E-state index < -0.39 is 0 Å². The number of hydrogen-bond acceptors (Lipinski definition) is 5. The average Bonchev–Trinajstić information content (AvgIpc) is 3.11. The Morgan fingerprint density at radius 3 is 2.92 bits per heavy atom. The lowest BCUT2D eigenvalue weighted by atomic mass is 10.0. The zero-order valence-corrected chi connectivity index (χ0v) is 13.2. The molecule has 1 aliphatic rings. The molecule has 4 heterocycles. The van der Waals surface area contributed by atoms with Gasteiger partial charge in [-0.05, 0) is 31.0 Å². The van der Waals surface area contributed by atoms with Gasteiger partial charge in [-0.25, -0.2) is 9.50 Å². The van der Waals surface area contributed by atoms with Crippen LogP contribution in [0.4, 0.5) is 5.82 Å². The highest BCUT2D eigenvalue weighted by molar-refractivity contribution is 5.94. The summed E-state index contributed by atoms with van der Waals surface area (Å²) in [6, 6.07) is 5.51. The van der Waals surface area contributed by atoms with E-state index in [0.717, 1.165) is 37.3 Å². The molecule has 0 radical (unpaired) electrons. The number of hydrogen-bond donors (Lipinski definition) is 1. The summed E-state index contributed by atoms with van der Waals surface area (Å²) >= 11 is 0. The first-order chi connectivity index (χ1) is 11.8. The Hall–Kier alpha value is -2.96. The molecule has 24 heavy (non-hydrogen) atoms. The van der Waals surface area contributed by atoms with E-state index in [1.165, 1.54) is 0 Å². The maximum atomic E-state index is 12.3. The number of rotatable bonds is 3. The minimum atomic E-state index is -0.0558. The maximum absolute atomic E-state index is 12.3. The monoisotopic (exact) mass is 322 g/mol. The van der Waals surface area contributed by atoms with Crippen molar-refractivity contribution < 1.29 is 4.79 Å². The van der Waals surface area contributed by atoms with Gasteiger partial charge in [0.25, 0.3) is 5.91 Å². The fourth-order valence-electron chi connectivity index (χ4n) is 3.15. The van der Waals surface area contributed by atoms with E-state index >= 15 is 0 Å². The molecule has 1 unspecified atom stereocenters. The molecule has 3 aromatic rings. The molecular weight excluding hydrogens is 304 g/mol. The number of carbonyl (C=O) groups is 1. The van der Waals surface area contributed by atoms with Gasteiger partial charge in [0.05, 0.1) is 6.20 Å². The Kier molecular flexibility index (Phi) is 3.82. The van der Waals surface area contributed by atoms with Crippen molar-refractivity contribution in [2.45, 2.75) is 18.9 Å². The number of amides is 1. The molecule has 1 amide bonds. The standard InChI is InChI=1S/C17H18N6O/c24-17(13-3-6-18-7-4-13)21-14-2-1-10-22(12-14)16-15-5-8-20-23(15)11-9-19-16/h3-9,11,14H,1-2,10,12H2,(H,21,24). The van der Waals surface area contributed by atoms with Crippen LogP contribution in [0.25, 0.3) is 5.52 Å². The second-order valence-corrected chi connectivity index (χ2v) is 5.91. The molecule has 0 bridgehead atoms. The van der Waals surface area contributed by atoms with Crippen molar-refractivity contribution in [2.24, 2.45) is 0 Å². The molecule has 1 aliphatic heterocycles. The Balaban J connectivity index is 1.50. The van der Waals surface area contributed by atoms with Gasteiger partial charge in [-0.2, -0.15) is 5.10 Å².